The number of rotatable bonds is 4. The number of piperidine rings is 1. The Morgan fingerprint density at radius 3 is 2.33 bits per heavy atom. The van der Waals surface area contributed by atoms with Crippen molar-refractivity contribution in [3.8, 4) is 0 Å². The summed E-state index contributed by atoms with van der Waals surface area (Å²) in [6.45, 7) is 3.34. The topological polar surface area (TPSA) is 98.7 Å². The molecule has 0 radical (unpaired) electrons. The molecule has 27 heavy (non-hydrogen) atoms. The number of nitrogens with zero attached hydrogens (tertiary/aromatic N) is 4. The van der Waals surface area contributed by atoms with Crippen LogP contribution >= 0.6 is 0 Å². The first-order valence-corrected chi connectivity index (χ1v) is 9.75. The lowest BCUT2D eigenvalue weighted by Crippen LogP contribution is -2.51. The van der Waals surface area contributed by atoms with E-state index in [9.17, 15) is 9.59 Å². The molecule has 0 bridgehead atoms. The summed E-state index contributed by atoms with van der Waals surface area (Å²) in [6, 6.07) is 4.36. The Labute approximate surface area is 159 Å². The van der Waals surface area contributed by atoms with Gasteiger partial charge in [-0.1, -0.05) is 0 Å². The fraction of sp³-hybridized carbons (Fsp3) is 0.684. The molecule has 1 aromatic heterocycles. The number of aryl methyl sites for hydroxylation is 1. The van der Waals surface area contributed by atoms with Crippen LogP contribution in [0.2, 0.25) is 0 Å². The van der Waals surface area contributed by atoms with Gasteiger partial charge < -0.3 is 20.2 Å². The number of nitrogens with one attached hydrogen (secondary N) is 1. The van der Waals surface area contributed by atoms with Crippen LogP contribution in [-0.2, 0) is 4.79 Å². The normalized spacial score (nSPS) is 23.7. The summed E-state index contributed by atoms with van der Waals surface area (Å²) in [5.41, 5.74) is 0.899. The van der Waals surface area contributed by atoms with Crippen LogP contribution in [-0.4, -0.2) is 64.4 Å². The Morgan fingerprint density at radius 1 is 1.11 bits per heavy atom. The molecule has 0 atom stereocenters. The van der Waals surface area contributed by atoms with Gasteiger partial charge in [-0.25, -0.2) is 4.79 Å². The monoisotopic (exact) mass is 375 g/mol. The van der Waals surface area contributed by atoms with Gasteiger partial charge in [0.05, 0.1) is 11.6 Å². The number of anilines is 1. The Morgan fingerprint density at radius 2 is 1.78 bits per heavy atom. The maximum atomic E-state index is 12.5. The number of aliphatic carboxylic acids is 1. The number of amides is 2. The average Bonchev–Trinajstić information content (AvgIpc) is 2.68. The molecule has 8 nitrogen and oxygen atoms in total. The number of likely N-dealkylation sites (tertiary alicyclic amines) is 1. The van der Waals surface area contributed by atoms with E-state index in [2.05, 4.69) is 20.4 Å². The minimum Gasteiger partial charge on any atom is -0.481 e. The average molecular weight is 375 g/mol. The van der Waals surface area contributed by atoms with Gasteiger partial charge in [0.1, 0.15) is 0 Å². The first-order valence-electron chi connectivity index (χ1n) is 9.75. The van der Waals surface area contributed by atoms with Gasteiger partial charge in [0.25, 0.3) is 0 Å². The van der Waals surface area contributed by atoms with Crippen molar-refractivity contribution in [1.29, 1.82) is 0 Å². The SMILES string of the molecule is Cc1ccc(N(C)C2CCN(C(=O)NC3CCC(C(=O)O)CC3)CC2)nn1. The Kier molecular flexibility index (Phi) is 6.13. The summed E-state index contributed by atoms with van der Waals surface area (Å²) in [4.78, 5) is 27.6. The van der Waals surface area contributed by atoms with Crippen molar-refractivity contribution in [2.75, 3.05) is 25.0 Å². The number of urea groups is 1. The van der Waals surface area contributed by atoms with E-state index in [0.29, 0.717) is 32.0 Å². The predicted octanol–water partition coefficient (Wildman–Crippen LogP) is 2.04. The summed E-state index contributed by atoms with van der Waals surface area (Å²) in [5, 5.41) is 20.5. The van der Waals surface area contributed by atoms with E-state index in [-0.39, 0.29) is 18.0 Å². The highest BCUT2D eigenvalue weighted by atomic mass is 16.4. The van der Waals surface area contributed by atoms with Gasteiger partial charge in [0, 0.05) is 32.2 Å². The largest absolute Gasteiger partial charge is 0.481 e. The first kappa shape index (κ1) is 19.4. The maximum absolute atomic E-state index is 12.5. The van der Waals surface area contributed by atoms with E-state index in [1.54, 1.807) is 0 Å². The van der Waals surface area contributed by atoms with E-state index in [1.165, 1.54) is 0 Å². The van der Waals surface area contributed by atoms with Crippen molar-refractivity contribution < 1.29 is 14.7 Å². The fourth-order valence-electron chi connectivity index (χ4n) is 3.97. The summed E-state index contributed by atoms with van der Waals surface area (Å²) in [6.07, 6.45) is 4.56. The zero-order valence-electron chi connectivity index (χ0n) is 16.1. The molecule has 2 N–H and O–H groups in total. The maximum Gasteiger partial charge on any atom is 0.317 e. The second-order valence-electron chi connectivity index (χ2n) is 7.70. The van der Waals surface area contributed by atoms with E-state index in [0.717, 1.165) is 37.2 Å². The van der Waals surface area contributed by atoms with Crippen LogP contribution in [0, 0.1) is 12.8 Å². The zero-order chi connectivity index (χ0) is 19.4. The molecule has 0 aromatic carbocycles. The molecule has 148 valence electrons. The van der Waals surface area contributed by atoms with Crippen LogP contribution in [0.25, 0.3) is 0 Å². The highest BCUT2D eigenvalue weighted by molar-refractivity contribution is 5.75. The van der Waals surface area contributed by atoms with Crippen LogP contribution in [0.15, 0.2) is 12.1 Å². The zero-order valence-corrected chi connectivity index (χ0v) is 16.1. The van der Waals surface area contributed by atoms with Crippen molar-refractivity contribution in [1.82, 2.24) is 20.4 Å². The molecule has 2 heterocycles. The fourth-order valence-corrected chi connectivity index (χ4v) is 3.97. The van der Waals surface area contributed by atoms with E-state index in [1.807, 2.05) is 31.0 Å². The lowest BCUT2D eigenvalue weighted by atomic mass is 9.86. The summed E-state index contributed by atoms with van der Waals surface area (Å²) in [5.74, 6) is -0.114. The highest BCUT2D eigenvalue weighted by Gasteiger charge is 2.30. The predicted molar refractivity (Wildman–Crippen MR) is 102 cm³/mol. The minimum atomic E-state index is -0.718. The van der Waals surface area contributed by atoms with Gasteiger partial charge in [-0.15, -0.1) is 5.10 Å². The smallest absolute Gasteiger partial charge is 0.317 e. The summed E-state index contributed by atoms with van der Waals surface area (Å²) >= 11 is 0. The van der Waals surface area contributed by atoms with Crippen molar-refractivity contribution in [3.05, 3.63) is 17.8 Å². The van der Waals surface area contributed by atoms with Gasteiger partial charge in [0.2, 0.25) is 0 Å². The molecule has 1 aliphatic carbocycles. The molecule has 8 heteroatoms. The molecule has 0 unspecified atom stereocenters. The van der Waals surface area contributed by atoms with Crippen LogP contribution < -0.4 is 10.2 Å². The van der Waals surface area contributed by atoms with Crippen LogP contribution in [0.5, 0.6) is 0 Å². The third-order valence-corrected chi connectivity index (χ3v) is 5.85. The van der Waals surface area contributed by atoms with E-state index >= 15 is 0 Å². The van der Waals surface area contributed by atoms with E-state index < -0.39 is 5.97 Å². The third kappa shape index (κ3) is 4.87. The standard InChI is InChI=1S/C19H29N5O3/c1-13-3-8-17(22-21-13)23(2)16-9-11-24(12-10-16)19(27)20-15-6-4-14(5-7-15)18(25)26/h3,8,14-16H,4-7,9-12H2,1-2H3,(H,20,27)(H,25,26). The molecular weight excluding hydrogens is 346 g/mol. The second-order valence-corrected chi connectivity index (χ2v) is 7.70. The number of carbonyl (C=O) groups excluding carboxylic acids is 1. The van der Waals surface area contributed by atoms with Crippen LogP contribution in [0.4, 0.5) is 10.6 Å². The van der Waals surface area contributed by atoms with Crippen molar-refractivity contribution in [2.45, 2.75) is 57.5 Å². The number of carboxylic acids is 1. The molecule has 3 rings (SSSR count). The Bertz CT molecular complexity index is 650. The highest BCUT2D eigenvalue weighted by Crippen LogP contribution is 2.25. The van der Waals surface area contributed by atoms with Gasteiger partial charge in [-0.05, 0) is 57.6 Å². The lowest BCUT2D eigenvalue weighted by molar-refractivity contribution is -0.142. The third-order valence-electron chi connectivity index (χ3n) is 5.85. The number of hydrogen-bond acceptors (Lipinski definition) is 5. The van der Waals surface area contributed by atoms with Crippen LogP contribution in [0.3, 0.4) is 0 Å². The Balaban J connectivity index is 1.44. The Hall–Kier alpha value is -2.38. The van der Waals surface area contributed by atoms with Gasteiger partial charge >= 0.3 is 12.0 Å². The molecule has 2 fully saturated rings. The van der Waals surface area contributed by atoms with Gasteiger partial charge in [-0.3, -0.25) is 4.79 Å². The molecule has 0 spiro atoms. The quantitative estimate of drug-likeness (QED) is 0.836. The van der Waals surface area contributed by atoms with E-state index in [4.69, 9.17) is 5.11 Å². The molecule has 2 amide bonds. The number of carbonyl (C=O) groups is 2. The van der Waals surface area contributed by atoms with Gasteiger partial charge in [0.15, 0.2) is 5.82 Å². The lowest BCUT2D eigenvalue weighted by Gasteiger charge is -2.38. The van der Waals surface area contributed by atoms with Crippen molar-refractivity contribution in [2.24, 2.45) is 5.92 Å². The number of hydrogen-bond donors (Lipinski definition) is 2. The van der Waals surface area contributed by atoms with Crippen LogP contribution in [0.1, 0.15) is 44.2 Å². The molecule has 1 aliphatic heterocycles. The molecular formula is C19H29N5O3. The van der Waals surface area contributed by atoms with Crippen molar-refractivity contribution >= 4 is 17.8 Å². The van der Waals surface area contributed by atoms with Gasteiger partial charge in [-0.2, -0.15) is 5.10 Å². The molecule has 1 saturated carbocycles. The summed E-state index contributed by atoms with van der Waals surface area (Å²) in [7, 11) is 2.03. The summed E-state index contributed by atoms with van der Waals surface area (Å²) < 4.78 is 0. The molecule has 1 saturated heterocycles. The number of aromatic nitrogens is 2. The second kappa shape index (κ2) is 8.54. The number of carboxylic acid groups (broad SMARTS) is 1. The van der Waals surface area contributed by atoms with Crippen molar-refractivity contribution in [3.63, 3.8) is 0 Å². The molecule has 1 aromatic rings. The first-order chi connectivity index (χ1) is 12.9. The minimum absolute atomic E-state index is 0.0231. The molecule has 2 aliphatic rings.